The Labute approximate surface area is 92.9 Å². The number of hydrogen-bond acceptors (Lipinski definition) is 3. The third-order valence-electron chi connectivity index (χ3n) is 2.77. The number of carbonyl (C=O) groups excluding carboxylic acids is 1. The van der Waals surface area contributed by atoms with E-state index < -0.39 is 0 Å². The molecule has 1 heterocycles. The molecule has 0 saturated heterocycles. The van der Waals surface area contributed by atoms with Crippen molar-refractivity contribution < 1.29 is 4.79 Å². The van der Waals surface area contributed by atoms with Crippen molar-refractivity contribution in [3.8, 4) is 11.3 Å². The predicted octanol–water partition coefficient (Wildman–Crippen LogP) is 2.09. The molecule has 1 aromatic heterocycles. The molecule has 1 aliphatic rings. The molecule has 2 aromatic rings. The zero-order chi connectivity index (χ0) is 11.0. The van der Waals surface area contributed by atoms with Gasteiger partial charge < -0.3 is 0 Å². The van der Waals surface area contributed by atoms with Gasteiger partial charge in [-0.3, -0.25) is 4.79 Å². The van der Waals surface area contributed by atoms with E-state index in [2.05, 4.69) is 10.3 Å². The highest BCUT2D eigenvalue weighted by atomic mass is 16.1. The van der Waals surface area contributed by atoms with Crippen LogP contribution >= 0.6 is 0 Å². The lowest BCUT2D eigenvalue weighted by atomic mass is 10.1. The first-order valence-electron chi connectivity index (χ1n) is 5.36. The van der Waals surface area contributed by atoms with E-state index in [1.165, 1.54) is 0 Å². The molecule has 0 unspecified atom stereocenters. The topological polar surface area (TPSA) is 47.8 Å². The van der Waals surface area contributed by atoms with E-state index in [0.29, 0.717) is 11.7 Å². The van der Waals surface area contributed by atoms with Crippen LogP contribution in [-0.2, 0) is 0 Å². The second-order valence-corrected chi connectivity index (χ2v) is 3.98. The van der Waals surface area contributed by atoms with Gasteiger partial charge in [0.25, 0.3) is 0 Å². The van der Waals surface area contributed by atoms with Crippen molar-refractivity contribution in [3.05, 3.63) is 36.0 Å². The molecule has 4 heteroatoms. The Bertz CT molecular complexity index is 514. The van der Waals surface area contributed by atoms with E-state index in [4.69, 9.17) is 0 Å². The number of carbonyl (C=O) groups is 1. The first-order valence-corrected chi connectivity index (χ1v) is 5.36. The normalized spacial score (nSPS) is 15.0. The molecular formula is C12H11N3O. The fourth-order valence-corrected chi connectivity index (χ4v) is 1.84. The van der Waals surface area contributed by atoms with Crippen LogP contribution in [0.1, 0.15) is 29.4 Å². The smallest absolute Gasteiger partial charge is 0.172 e. The van der Waals surface area contributed by atoms with E-state index >= 15 is 0 Å². The summed E-state index contributed by atoms with van der Waals surface area (Å²) in [6.07, 6.45) is 3.02. The molecule has 0 bridgehead atoms. The van der Waals surface area contributed by atoms with E-state index in [1.54, 1.807) is 0 Å². The number of rotatable bonds is 3. The molecule has 16 heavy (non-hydrogen) atoms. The van der Waals surface area contributed by atoms with Crippen LogP contribution in [0.5, 0.6) is 0 Å². The average Bonchev–Trinajstić information content (AvgIpc) is 3.09. The predicted molar refractivity (Wildman–Crippen MR) is 59.1 cm³/mol. The fourth-order valence-electron chi connectivity index (χ4n) is 1.84. The second-order valence-electron chi connectivity index (χ2n) is 3.98. The molecule has 0 atom stereocenters. The standard InChI is InChI=1S/C12H11N3O/c16-8-11-12(9-4-2-1-3-5-9)15(14-13-11)10-6-7-10/h1-5,8,10H,6-7H2. The van der Waals surface area contributed by atoms with Crippen molar-refractivity contribution in [2.24, 2.45) is 0 Å². The van der Waals surface area contributed by atoms with Crippen molar-refractivity contribution in [1.82, 2.24) is 15.0 Å². The van der Waals surface area contributed by atoms with Gasteiger partial charge in [0, 0.05) is 5.56 Å². The molecule has 0 radical (unpaired) electrons. The lowest BCUT2D eigenvalue weighted by molar-refractivity contribution is 0.111. The zero-order valence-electron chi connectivity index (χ0n) is 8.71. The highest BCUT2D eigenvalue weighted by Gasteiger charge is 2.29. The Morgan fingerprint density at radius 1 is 1.25 bits per heavy atom. The number of aldehydes is 1. The number of benzene rings is 1. The monoisotopic (exact) mass is 213 g/mol. The van der Waals surface area contributed by atoms with Crippen LogP contribution in [0, 0.1) is 0 Å². The first kappa shape index (κ1) is 9.27. The molecule has 4 nitrogen and oxygen atoms in total. The summed E-state index contributed by atoms with van der Waals surface area (Å²) in [6, 6.07) is 10.2. The van der Waals surface area contributed by atoms with Crippen LogP contribution in [-0.4, -0.2) is 21.3 Å². The van der Waals surface area contributed by atoms with Gasteiger partial charge >= 0.3 is 0 Å². The molecule has 3 rings (SSSR count). The Kier molecular flexibility index (Phi) is 2.06. The Morgan fingerprint density at radius 3 is 2.62 bits per heavy atom. The lowest BCUT2D eigenvalue weighted by Crippen LogP contribution is -1.99. The van der Waals surface area contributed by atoms with Crippen molar-refractivity contribution in [1.29, 1.82) is 0 Å². The maximum absolute atomic E-state index is 10.9. The van der Waals surface area contributed by atoms with Gasteiger partial charge in [-0.25, -0.2) is 4.68 Å². The van der Waals surface area contributed by atoms with Crippen LogP contribution < -0.4 is 0 Å². The van der Waals surface area contributed by atoms with E-state index in [-0.39, 0.29) is 0 Å². The van der Waals surface area contributed by atoms with Crippen molar-refractivity contribution in [2.75, 3.05) is 0 Å². The molecule has 0 aliphatic heterocycles. The van der Waals surface area contributed by atoms with Crippen LogP contribution in [0.25, 0.3) is 11.3 Å². The molecule has 0 amide bonds. The summed E-state index contributed by atoms with van der Waals surface area (Å²) in [5.41, 5.74) is 2.28. The molecule has 1 saturated carbocycles. The van der Waals surface area contributed by atoms with E-state index in [0.717, 1.165) is 30.4 Å². The quantitative estimate of drug-likeness (QED) is 0.733. The fraction of sp³-hybridized carbons (Fsp3) is 0.250. The number of hydrogen-bond donors (Lipinski definition) is 0. The minimum atomic E-state index is 0.427. The number of aromatic nitrogens is 3. The molecule has 80 valence electrons. The first-order chi connectivity index (χ1) is 7.90. The highest BCUT2D eigenvalue weighted by Crippen LogP contribution is 2.38. The molecular weight excluding hydrogens is 202 g/mol. The van der Waals surface area contributed by atoms with Gasteiger partial charge in [0.05, 0.1) is 11.7 Å². The summed E-state index contributed by atoms with van der Waals surface area (Å²) in [7, 11) is 0. The molecule has 0 N–H and O–H groups in total. The van der Waals surface area contributed by atoms with Crippen LogP contribution in [0.4, 0.5) is 0 Å². The van der Waals surface area contributed by atoms with Crippen molar-refractivity contribution in [3.63, 3.8) is 0 Å². The van der Waals surface area contributed by atoms with Crippen LogP contribution in [0.15, 0.2) is 30.3 Å². The summed E-state index contributed by atoms with van der Waals surface area (Å²) in [5, 5.41) is 7.98. The lowest BCUT2D eigenvalue weighted by Gasteiger charge is -2.04. The summed E-state index contributed by atoms with van der Waals surface area (Å²) in [4.78, 5) is 10.9. The van der Waals surface area contributed by atoms with Gasteiger partial charge in [-0.15, -0.1) is 5.10 Å². The third-order valence-corrected chi connectivity index (χ3v) is 2.77. The van der Waals surface area contributed by atoms with E-state index in [9.17, 15) is 4.79 Å². The largest absolute Gasteiger partial charge is 0.296 e. The van der Waals surface area contributed by atoms with E-state index in [1.807, 2.05) is 35.0 Å². The number of nitrogens with zero attached hydrogens (tertiary/aromatic N) is 3. The molecule has 0 spiro atoms. The maximum Gasteiger partial charge on any atom is 0.172 e. The van der Waals surface area contributed by atoms with Gasteiger partial charge in [-0.1, -0.05) is 35.5 Å². The van der Waals surface area contributed by atoms with Gasteiger partial charge in [0.15, 0.2) is 12.0 Å². The summed E-state index contributed by atoms with van der Waals surface area (Å²) in [5.74, 6) is 0. The Morgan fingerprint density at radius 2 is 2.00 bits per heavy atom. The van der Waals surface area contributed by atoms with Gasteiger partial charge in [0.1, 0.15) is 0 Å². The highest BCUT2D eigenvalue weighted by molar-refractivity contribution is 5.83. The maximum atomic E-state index is 10.9. The Hall–Kier alpha value is -1.97. The minimum absolute atomic E-state index is 0.427. The summed E-state index contributed by atoms with van der Waals surface area (Å²) >= 11 is 0. The molecule has 1 aromatic carbocycles. The second kappa shape index (κ2) is 3.56. The third kappa shape index (κ3) is 1.43. The molecule has 1 aliphatic carbocycles. The minimum Gasteiger partial charge on any atom is -0.296 e. The van der Waals surface area contributed by atoms with Crippen LogP contribution in [0.2, 0.25) is 0 Å². The van der Waals surface area contributed by atoms with Gasteiger partial charge in [-0.2, -0.15) is 0 Å². The van der Waals surface area contributed by atoms with Crippen molar-refractivity contribution in [2.45, 2.75) is 18.9 Å². The van der Waals surface area contributed by atoms with Gasteiger partial charge in [-0.05, 0) is 12.8 Å². The molecule has 1 fully saturated rings. The van der Waals surface area contributed by atoms with Gasteiger partial charge in [0.2, 0.25) is 0 Å². The average molecular weight is 213 g/mol. The summed E-state index contributed by atoms with van der Waals surface area (Å²) < 4.78 is 1.87. The zero-order valence-corrected chi connectivity index (χ0v) is 8.71. The van der Waals surface area contributed by atoms with Crippen molar-refractivity contribution >= 4 is 6.29 Å². The Balaban J connectivity index is 2.16. The van der Waals surface area contributed by atoms with Crippen LogP contribution in [0.3, 0.4) is 0 Å². The summed E-state index contributed by atoms with van der Waals surface area (Å²) in [6.45, 7) is 0. The SMILES string of the molecule is O=Cc1nnn(C2CC2)c1-c1ccccc1.